The van der Waals surface area contributed by atoms with Crippen LogP contribution in [0.4, 0.5) is 17.6 Å². The molecule has 1 aliphatic heterocycles. The van der Waals surface area contributed by atoms with Crippen LogP contribution in [0.2, 0.25) is 0 Å². The third-order valence-corrected chi connectivity index (χ3v) is 4.68. The van der Waals surface area contributed by atoms with Gasteiger partial charge in [-0.2, -0.15) is 18.3 Å². The molecular formula is C18H21F4N3O2. The van der Waals surface area contributed by atoms with Crippen LogP contribution < -0.4 is 0 Å². The van der Waals surface area contributed by atoms with E-state index in [-0.39, 0.29) is 18.2 Å². The van der Waals surface area contributed by atoms with Crippen molar-refractivity contribution in [2.24, 2.45) is 5.92 Å². The Labute approximate surface area is 153 Å². The maximum atomic E-state index is 14.1. The second-order valence-corrected chi connectivity index (χ2v) is 6.66. The Morgan fingerprint density at radius 1 is 1.26 bits per heavy atom. The summed E-state index contributed by atoms with van der Waals surface area (Å²) in [6.07, 6.45) is -4.42. The second-order valence-electron chi connectivity index (χ2n) is 6.66. The predicted molar refractivity (Wildman–Crippen MR) is 88.9 cm³/mol. The van der Waals surface area contributed by atoms with Crippen LogP contribution in [0.25, 0.3) is 0 Å². The lowest BCUT2D eigenvalue weighted by atomic mass is 9.99. The highest BCUT2D eigenvalue weighted by molar-refractivity contribution is 5.18. The summed E-state index contributed by atoms with van der Waals surface area (Å²) in [6.45, 7) is 1.65. The zero-order valence-corrected chi connectivity index (χ0v) is 14.5. The van der Waals surface area contributed by atoms with E-state index >= 15 is 0 Å². The van der Waals surface area contributed by atoms with Crippen LogP contribution in [0.5, 0.6) is 0 Å². The summed E-state index contributed by atoms with van der Waals surface area (Å²) in [4.78, 5) is 1.56. The molecule has 1 aliphatic rings. The molecule has 27 heavy (non-hydrogen) atoms. The molecule has 3 rings (SSSR count). The van der Waals surface area contributed by atoms with E-state index in [1.54, 1.807) is 23.1 Å². The van der Waals surface area contributed by atoms with E-state index in [0.29, 0.717) is 25.3 Å². The summed E-state index contributed by atoms with van der Waals surface area (Å²) in [6, 6.07) is 6.92. The Balaban J connectivity index is 1.81. The van der Waals surface area contributed by atoms with Gasteiger partial charge in [0.05, 0.1) is 5.69 Å². The zero-order chi connectivity index (χ0) is 19.4. The van der Waals surface area contributed by atoms with Gasteiger partial charge in [0, 0.05) is 31.9 Å². The number of aliphatic hydroxyl groups excluding tert-OH is 1. The Morgan fingerprint density at radius 2 is 1.96 bits per heavy atom. The highest BCUT2D eigenvalue weighted by Crippen LogP contribution is 2.31. The topological polar surface area (TPSA) is 61.4 Å². The number of hydrogen-bond donors (Lipinski definition) is 2. The number of aliphatic hydroxyl groups is 1. The van der Waals surface area contributed by atoms with Crippen molar-refractivity contribution < 1.29 is 27.4 Å². The largest absolute Gasteiger partial charge is 0.435 e. The maximum absolute atomic E-state index is 14.1. The van der Waals surface area contributed by atoms with E-state index in [1.165, 1.54) is 6.07 Å². The van der Waals surface area contributed by atoms with Crippen LogP contribution >= 0.6 is 0 Å². The molecule has 1 aromatic carbocycles. The highest BCUT2D eigenvalue weighted by Gasteiger charge is 2.35. The molecule has 1 fully saturated rings. The van der Waals surface area contributed by atoms with Crippen LogP contribution in [0.3, 0.4) is 0 Å². The summed E-state index contributed by atoms with van der Waals surface area (Å²) < 4.78 is 57.8. The normalized spacial score (nSPS) is 17.4. The van der Waals surface area contributed by atoms with Gasteiger partial charge in [0.25, 0.3) is 0 Å². The fourth-order valence-corrected chi connectivity index (χ4v) is 3.17. The number of aromatic nitrogens is 2. The number of H-pyrrole nitrogens is 1. The average Bonchev–Trinajstić information content (AvgIpc) is 3.14. The lowest BCUT2D eigenvalue weighted by Crippen LogP contribution is -2.35. The van der Waals surface area contributed by atoms with E-state index in [2.05, 4.69) is 10.2 Å². The number of benzene rings is 1. The van der Waals surface area contributed by atoms with Gasteiger partial charge >= 0.3 is 6.18 Å². The smallest absolute Gasteiger partial charge is 0.381 e. The van der Waals surface area contributed by atoms with Gasteiger partial charge in [-0.3, -0.25) is 10.00 Å². The summed E-state index contributed by atoms with van der Waals surface area (Å²) in [5, 5.41) is 16.2. The molecule has 1 saturated heterocycles. The average molecular weight is 387 g/mol. The molecule has 5 nitrogen and oxygen atoms in total. The monoisotopic (exact) mass is 387 g/mol. The van der Waals surface area contributed by atoms with Crippen molar-refractivity contribution in [3.63, 3.8) is 0 Å². The van der Waals surface area contributed by atoms with Crippen molar-refractivity contribution in [2.45, 2.75) is 31.8 Å². The van der Waals surface area contributed by atoms with E-state index in [0.717, 1.165) is 18.9 Å². The van der Waals surface area contributed by atoms with Gasteiger partial charge in [-0.1, -0.05) is 18.2 Å². The number of alkyl halides is 3. The molecule has 2 heterocycles. The maximum Gasteiger partial charge on any atom is 0.435 e. The second kappa shape index (κ2) is 8.37. The Hall–Kier alpha value is -1.97. The van der Waals surface area contributed by atoms with Crippen molar-refractivity contribution in [1.82, 2.24) is 15.1 Å². The van der Waals surface area contributed by atoms with Crippen LogP contribution in [0, 0.1) is 11.7 Å². The minimum absolute atomic E-state index is 0.0611. The molecular weight excluding hydrogens is 366 g/mol. The molecule has 1 unspecified atom stereocenters. The molecule has 0 spiro atoms. The van der Waals surface area contributed by atoms with Gasteiger partial charge in [0.15, 0.2) is 5.69 Å². The first kappa shape index (κ1) is 19.8. The van der Waals surface area contributed by atoms with Crippen molar-refractivity contribution in [3.05, 3.63) is 53.1 Å². The number of nitrogens with zero attached hydrogens (tertiary/aromatic N) is 2. The molecule has 1 atom stereocenters. The van der Waals surface area contributed by atoms with E-state index in [1.807, 2.05) is 0 Å². The van der Waals surface area contributed by atoms with Gasteiger partial charge in [-0.25, -0.2) is 4.39 Å². The molecule has 9 heteroatoms. The van der Waals surface area contributed by atoms with Crippen molar-refractivity contribution >= 4 is 0 Å². The van der Waals surface area contributed by atoms with Crippen molar-refractivity contribution in [2.75, 3.05) is 19.8 Å². The number of ether oxygens (including phenoxy) is 1. The molecule has 0 bridgehead atoms. The van der Waals surface area contributed by atoms with Gasteiger partial charge in [0.2, 0.25) is 0 Å². The molecule has 0 aliphatic carbocycles. The Kier molecular flexibility index (Phi) is 6.13. The Morgan fingerprint density at radius 3 is 2.59 bits per heavy atom. The quantitative estimate of drug-likeness (QED) is 0.589. The van der Waals surface area contributed by atoms with Gasteiger partial charge in [-0.15, -0.1) is 0 Å². The molecule has 2 N–H and O–H groups in total. The summed E-state index contributed by atoms with van der Waals surface area (Å²) in [5.74, 6) is -0.229. The van der Waals surface area contributed by atoms with Crippen LogP contribution in [0.15, 0.2) is 30.3 Å². The van der Waals surface area contributed by atoms with Gasteiger partial charge in [-0.05, 0) is 30.9 Å². The number of nitrogens with one attached hydrogen (secondary N) is 1. The SMILES string of the molecule is OC(c1cc(C(F)(F)F)n[nH]1)N(Cc1ccccc1F)CC1CCOCC1. The van der Waals surface area contributed by atoms with E-state index in [4.69, 9.17) is 4.74 Å². The van der Waals surface area contributed by atoms with E-state index in [9.17, 15) is 22.7 Å². The molecule has 0 amide bonds. The lowest BCUT2D eigenvalue weighted by molar-refractivity contribution is -0.141. The van der Waals surface area contributed by atoms with Crippen LogP contribution in [-0.4, -0.2) is 40.0 Å². The molecule has 148 valence electrons. The van der Waals surface area contributed by atoms with E-state index < -0.39 is 23.9 Å². The third kappa shape index (κ3) is 5.06. The summed E-state index contributed by atoms with van der Waals surface area (Å²) in [5.41, 5.74) is -0.821. The standard InChI is InChI=1S/C18H21F4N3O2/c19-14-4-2-1-3-13(14)11-25(10-12-5-7-27-8-6-12)17(26)15-9-16(24-23-15)18(20,21)22/h1-4,9,12,17,26H,5-8,10-11H2,(H,23,24). The number of halogens is 4. The number of rotatable bonds is 6. The first-order valence-electron chi connectivity index (χ1n) is 8.70. The third-order valence-electron chi connectivity index (χ3n) is 4.68. The fraction of sp³-hybridized carbons (Fsp3) is 0.500. The van der Waals surface area contributed by atoms with Crippen molar-refractivity contribution in [1.29, 1.82) is 0 Å². The minimum Gasteiger partial charge on any atom is -0.381 e. The fourth-order valence-electron chi connectivity index (χ4n) is 3.17. The molecule has 2 aromatic rings. The zero-order valence-electron chi connectivity index (χ0n) is 14.5. The summed E-state index contributed by atoms with van der Waals surface area (Å²) in [7, 11) is 0. The first-order chi connectivity index (χ1) is 12.8. The Bertz CT molecular complexity index is 744. The number of aromatic amines is 1. The van der Waals surface area contributed by atoms with Gasteiger partial charge in [0.1, 0.15) is 12.0 Å². The lowest BCUT2D eigenvalue weighted by Gasteiger charge is -2.32. The van der Waals surface area contributed by atoms with Crippen molar-refractivity contribution in [3.8, 4) is 0 Å². The minimum atomic E-state index is -4.61. The molecule has 0 radical (unpaired) electrons. The first-order valence-corrected chi connectivity index (χ1v) is 8.70. The number of hydrogen-bond acceptors (Lipinski definition) is 4. The van der Waals surface area contributed by atoms with Gasteiger partial charge < -0.3 is 9.84 Å². The molecule has 1 aromatic heterocycles. The highest BCUT2D eigenvalue weighted by atomic mass is 19.4. The molecule has 0 saturated carbocycles. The van der Waals surface area contributed by atoms with Crippen LogP contribution in [-0.2, 0) is 17.5 Å². The van der Waals surface area contributed by atoms with Crippen LogP contribution in [0.1, 0.15) is 36.0 Å². The summed E-state index contributed by atoms with van der Waals surface area (Å²) >= 11 is 0. The predicted octanol–water partition coefficient (Wildman–Crippen LogP) is 3.49.